The summed E-state index contributed by atoms with van der Waals surface area (Å²) in [6.07, 6.45) is -0.865. The van der Waals surface area contributed by atoms with Gasteiger partial charge in [0.1, 0.15) is 9.79 Å². The smallest absolute Gasteiger partial charge is 0.372 e. The topological polar surface area (TPSA) is 200 Å². The summed E-state index contributed by atoms with van der Waals surface area (Å²) >= 11 is 0. The monoisotopic (exact) mass is 434 g/mol. The van der Waals surface area contributed by atoms with E-state index in [-0.39, 0.29) is 10.8 Å². The van der Waals surface area contributed by atoms with Crippen molar-refractivity contribution in [1.29, 1.82) is 0 Å². The molecular weight excluding hydrogens is 420 g/mol. The molecule has 0 heterocycles. The van der Waals surface area contributed by atoms with Crippen molar-refractivity contribution in [2.45, 2.75) is 22.6 Å². The third-order valence-corrected chi connectivity index (χ3v) is 5.03. The SMILES string of the molecule is O=C(O)CCC(=O)C(=O)O.O=S(=O)(O)c1cccc2c(S(=O)(=O)O)cccc12. The molecule has 0 radical (unpaired) electrons. The van der Waals surface area contributed by atoms with Gasteiger partial charge in [-0.2, -0.15) is 16.8 Å². The zero-order valence-electron chi connectivity index (χ0n) is 13.8. The molecule has 0 aliphatic rings. The number of aliphatic carboxylic acids is 2. The zero-order valence-corrected chi connectivity index (χ0v) is 15.5. The fourth-order valence-electron chi connectivity index (χ4n) is 2.03. The number of fused-ring (bicyclic) bond motifs is 1. The number of hydrogen-bond acceptors (Lipinski definition) is 7. The van der Waals surface area contributed by atoms with Crippen LogP contribution in [0.25, 0.3) is 10.8 Å². The Labute approximate surface area is 158 Å². The minimum absolute atomic E-state index is 0.0233. The van der Waals surface area contributed by atoms with Gasteiger partial charge in [0.05, 0.1) is 6.42 Å². The lowest BCUT2D eigenvalue weighted by atomic mass is 10.1. The lowest BCUT2D eigenvalue weighted by Crippen LogP contribution is -2.13. The molecule has 0 amide bonds. The van der Waals surface area contributed by atoms with E-state index in [0.29, 0.717) is 0 Å². The second-order valence-electron chi connectivity index (χ2n) is 5.18. The van der Waals surface area contributed by atoms with Crippen molar-refractivity contribution in [3.8, 4) is 0 Å². The summed E-state index contributed by atoms with van der Waals surface area (Å²) in [7, 11) is -8.94. The molecule has 13 heteroatoms. The number of rotatable bonds is 6. The van der Waals surface area contributed by atoms with E-state index in [4.69, 9.17) is 19.3 Å². The first-order valence-corrected chi connectivity index (χ1v) is 10.1. The van der Waals surface area contributed by atoms with Crippen LogP contribution in [-0.4, -0.2) is 53.9 Å². The standard InChI is InChI=1S/C10H8O6S2.C5H6O5/c11-17(12,13)9-5-1-3-7-8(9)4-2-6-10(7)18(14,15)16;6-3(5(9)10)1-2-4(7)8/h1-6H,(H,11,12,13)(H,14,15,16);1-2H2,(H,7,8)(H,9,10). The lowest BCUT2D eigenvalue weighted by molar-refractivity contribution is -0.149. The van der Waals surface area contributed by atoms with Crippen LogP contribution in [-0.2, 0) is 34.6 Å². The molecule has 0 atom stereocenters. The highest BCUT2D eigenvalue weighted by Crippen LogP contribution is 2.27. The van der Waals surface area contributed by atoms with Gasteiger partial charge < -0.3 is 10.2 Å². The van der Waals surface area contributed by atoms with Gasteiger partial charge in [-0.05, 0) is 12.1 Å². The van der Waals surface area contributed by atoms with Crippen LogP contribution in [0, 0.1) is 0 Å². The summed E-state index contributed by atoms with van der Waals surface area (Å²) in [6.45, 7) is 0. The third-order valence-electron chi connectivity index (χ3n) is 3.20. The second-order valence-corrected chi connectivity index (χ2v) is 7.96. The van der Waals surface area contributed by atoms with E-state index in [2.05, 4.69) is 0 Å². The summed E-state index contributed by atoms with van der Waals surface area (Å²) in [5.41, 5.74) is 0. The highest BCUT2D eigenvalue weighted by atomic mass is 32.2. The molecule has 0 aromatic heterocycles. The largest absolute Gasteiger partial charge is 0.481 e. The molecular formula is C15H14O11S2. The van der Waals surface area contributed by atoms with Gasteiger partial charge in [-0.1, -0.05) is 24.3 Å². The highest BCUT2D eigenvalue weighted by molar-refractivity contribution is 7.86. The van der Waals surface area contributed by atoms with Crippen LogP contribution in [0.1, 0.15) is 12.8 Å². The van der Waals surface area contributed by atoms with E-state index in [1.807, 2.05) is 0 Å². The molecule has 0 fully saturated rings. The number of carboxylic acid groups (broad SMARTS) is 2. The predicted octanol–water partition coefficient (Wildman–Crippen LogP) is 0.838. The molecule has 0 bridgehead atoms. The van der Waals surface area contributed by atoms with Crippen molar-refractivity contribution in [2.24, 2.45) is 0 Å². The molecule has 0 saturated heterocycles. The number of carbonyl (C=O) groups excluding carboxylic acids is 1. The molecule has 0 unspecified atom stereocenters. The Bertz CT molecular complexity index is 1060. The van der Waals surface area contributed by atoms with E-state index in [1.54, 1.807) is 0 Å². The maximum Gasteiger partial charge on any atom is 0.372 e. The molecule has 11 nitrogen and oxygen atoms in total. The zero-order chi connectivity index (χ0) is 21.7. The Morgan fingerprint density at radius 3 is 1.39 bits per heavy atom. The van der Waals surface area contributed by atoms with E-state index in [1.165, 1.54) is 24.3 Å². The van der Waals surface area contributed by atoms with Crippen LogP contribution in [0.4, 0.5) is 0 Å². The van der Waals surface area contributed by atoms with Crippen molar-refractivity contribution in [1.82, 2.24) is 0 Å². The summed E-state index contributed by atoms with van der Waals surface area (Å²) in [5.74, 6) is -3.82. The number of carboxylic acids is 2. The van der Waals surface area contributed by atoms with Gasteiger partial charge in [-0.25, -0.2) is 4.79 Å². The van der Waals surface area contributed by atoms with Crippen LogP contribution in [0.2, 0.25) is 0 Å². The number of Topliss-reactive ketones (excluding diaryl/α,β-unsaturated/α-hetero) is 1. The van der Waals surface area contributed by atoms with Crippen LogP contribution >= 0.6 is 0 Å². The first kappa shape index (κ1) is 23.2. The normalized spacial score (nSPS) is 11.4. The number of benzene rings is 2. The van der Waals surface area contributed by atoms with Gasteiger partial charge in [0, 0.05) is 17.2 Å². The minimum Gasteiger partial charge on any atom is -0.481 e. The van der Waals surface area contributed by atoms with Crippen molar-refractivity contribution in [3.63, 3.8) is 0 Å². The Hall–Kier alpha value is -2.87. The molecule has 0 aliphatic carbocycles. The molecule has 0 saturated carbocycles. The van der Waals surface area contributed by atoms with Crippen LogP contribution in [0.3, 0.4) is 0 Å². The van der Waals surface area contributed by atoms with Gasteiger partial charge in [-0.3, -0.25) is 18.7 Å². The highest BCUT2D eigenvalue weighted by Gasteiger charge is 2.19. The van der Waals surface area contributed by atoms with Gasteiger partial charge in [-0.15, -0.1) is 0 Å². The molecule has 4 N–H and O–H groups in total. The van der Waals surface area contributed by atoms with Crippen LogP contribution in [0.5, 0.6) is 0 Å². The van der Waals surface area contributed by atoms with Crippen molar-refractivity contribution in [2.75, 3.05) is 0 Å². The Balaban J connectivity index is 0.000000336. The summed E-state index contributed by atoms with van der Waals surface area (Å²) in [6, 6.07) is 7.53. The van der Waals surface area contributed by atoms with Gasteiger partial charge in [0.2, 0.25) is 5.78 Å². The second kappa shape index (κ2) is 8.88. The molecule has 2 aromatic carbocycles. The summed E-state index contributed by atoms with van der Waals surface area (Å²) in [4.78, 5) is 28.9. The maximum atomic E-state index is 11.2. The average molecular weight is 434 g/mol. The van der Waals surface area contributed by atoms with E-state index in [9.17, 15) is 31.2 Å². The Kier molecular flexibility index (Phi) is 7.35. The first-order chi connectivity index (χ1) is 12.7. The van der Waals surface area contributed by atoms with E-state index >= 15 is 0 Å². The quantitative estimate of drug-likeness (QED) is 0.371. The first-order valence-electron chi connectivity index (χ1n) is 7.19. The summed E-state index contributed by atoms with van der Waals surface area (Å²) < 4.78 is 62.7. The van der Waals surface area contributed by atoms with Crippen LogP contribution < -0.4 is 0 Å². The van der Waals surface area contributed by atoms with E-state index in [0.717, 1.165) is 12.1 Å². The fraction of sp³-hybridized carbons (Fsp3) is 0.133. The molecule has 28 heavy (non-hydrogen) atoms. The van der Waals surface area contributed by atoms with Crippen molar-refractivity contribution in [3.05, 3.63) is 36.4 Å². The van der Waals surface area contributed by atoms with Crippen molar-refractivity contribution < 1.29 is 50.5 Å². The Morgan fingerprint density at radius 2 is 1.11 bits per heavy atom. The summed E-state index contributed by atoms with van der Waals surface area (Å²) in [5, 5.41) is 16.0. The molecule has 0 aliphatic heterocycles. The van der Waals surface area contributed by atoms with Crippen LogP contribution in [0.15, 0.2) is 46.2 Å². The number of hydrogen-bond donors (Lipinski definition) is 4. The maximum absolute atomic E-state index is 11.2. The predicted molar refractivity (Wildman–Crippen MR) is 93.1 cm³/mol. The fourth-order valence-corrected chi connectivity index (χ4v) is 3.44. The lowest BCUT2D eigenvalue weighted by Gasteiger charge is -2.06. The third kappa shape index (κ3) is 6.38. The number of carbonyl (C=O) groups is 3. The van der Waals surface area contributed by atoms with Gasteiger partial charge in [0.25, 0.3) is 20.2 Å². The minimum atomic E-state index is -4.47. The number of ketones is 1. The average Bonchev–Trinajstić information content (AvgIpc) is 2.57. The van der Waals surface area contributed by atoms with Crippen molar-refractivity contribution >= 4 is 48.7 Å². The van der Waals surface area contributed by atoms with Gasteiger partial charge in [0.15, 0.2) is 0 Å². The molecule has 2 rings (SSSR count). The Morgan fingerprint density at radius 1 is 0.714 bits per heavy atom. The van der Waals surface area contributed by atoms with Gasteiger partial charge >= 0.3 is 11.9 Å². The molecule has 2 aromatic rings. The molecule has 0 spiro atoms. The molecule has 152 valence electrons. The van der Waals surface area contributed by atoms with E-state index < -0.39 is 60.6 Å².